The van der Waals surface area contributed by atoms with Crippen LogP contribution in [-0.2, 0) is 6.42 Å². The molecule has 0 aliphatic heterocycles. The van der Waals surface area contributed by atoms with Crippen LogP contribution in [0.3, 0.4) is 0 Å². The summed E-state index contributed by atoms with van der Waals surface area (Å²) in [7, 11) is 1.61. The summed E-state index contributed by atoms with van der Waals surface area (Å²) in [5, 5.41) is 7.98. The second kappa shape index (κ2) is 5.63. The second-order valence-corrected chi connectivity index (χ2v) is 4.92. The summed E-state index contributed by atoms with van der Waals surface area (Å²) in [5.74, 6) is 0.676. The lowest BCUT2D eigenvalue weighted by molar-refractivity contribution is 0.415. The van der Waals surface area contributed by atoms with Crippen molar-refractivity contribution in [2.45, 2.75) is 20.3 Å². The second-order valence-electron chi connectivity index (χ2n) is 4.52. The quantitative estimate of drug-likeness (QED) is 0.904. The van der Waals surface area contributed by atoms with Gasteiger partial charge in [0.25, 0.3) is 0 Å². The molecule has 0 fully saturated rings. The predicted octanol–water partition coefficient (Wildman–Crippen LogP) is 2.86. The Kier molecular flexibility index (Phi) is 4.12. The standard InChI is InChI=1S/C14H18ClN3O/c1-8-6-13(19-3)12(15)7-11(8)14-10(4-5-16)9(2)17-18-14/h6-7H,4-5,16H2,1-3H3,(H,17,18). The molecule has 0 aliphatic rings. The maximum atomic E-state index is 6.20. The molecule has 2 rings (SSSR count). The Morgan fingerprint density at radius 1 is 1.37 bits per heavy atom. The van der Waals surface area contributed by atoms with E-state index in [1.54, 1.807) is 7.11 Å². The number of nitrogens with one attached hydrogen (secondary N) is 1. The van der Waals surface area contributed by atoms with Gasteiger partial charge in [-0.25, -0.2) is 0 Å². The Hall–Kier alpha value is -1.52. The highest BCUT2D eigenvalue weighted by atomic mass is 35.5. The van der Waals surface area contributed by atoms with E-state index >= 15 is 0 Å². The van der Waals surface area contributed by atoms with E-state index in [9.17, 15) is 0 Å². The van der Waals surface area contributed by atoms with Crippen LogP contribution < -0.4 is 10.5 Å². The molecule has 0 amide bonds. The topological polar surface area (TPSA) is 63.9 Å². The Labute approximate surface area is 117 Å². The number of benzene rings is 1. The maximum Gasteiger partial charge on any atom is 0.137 e. The van der Waals surface area contributed by atoms with Crippen LogP contribution in [0.4, 0.5) is 0 Å². The van der Waals surface area contributed by atoms with E-state index < -0.39 is 0 Å². The number of aromatic amines is 1. The van der Waals surface area contributed by atoms with E-state index in [1.165, 1.54) is 0 Å². The van der Waals surface area contributed by atoms with Gasteiger partial charge in [-0.3, -0.25) is 5.10 Å². The summed E-state index contributed by atoms with van der Waals surface area (Å²) < 4.78 is 5.22. The van der Waals surface area contributed by atoms with E-state index in [1.807, 2.05) is 26.0 Å². The van der Waals surface area contributed by atoms with E-state index in [2.05, 4.69) is 10.2 Å². The molecular formula is C14H18ClN3O. The molecule has 1 heterocycles. The Balaban J connectivity index is 2.56. The number of nitrogens with zero attached hydrogens (tertiary/aromatic N) is 1. The van der Waals surface area contributed by atoms with Gasteiger partial charge in [0, 0.05) is 16.8 Å². The van der Waals surface area contributed by atoms with Crippen molar-refractivity contribution in [1.82, 2.24) is 10.2 Å². The summed E-state index contributed by atoms with van der Waals surface area (Å²) in [6, 6.07) is 3.82. The molecule has 1 aromatic heterocycles. The van der Waals surface area contributed by atoms with Crippen LogP contribution in [0, 0.1) is 13.8 Å². The van der Waals surface area contributed by atoms with Gasteiger partial charge in [0.05, 0.1) is 17.8 Å². The minimum absolute atomic E-state index is 0.586. The number of ether oxygens (including phenoxy) is 1. The van der Waals surface area contributed by atoms with Crippen LogP contribution in [0.5, 0.6) is 5.75 Å². The summed E-state index contributed by atoms with van der Waals surface area (Å²) in [6.07, 6.45) is 0.792. The van der Waals surface area contributed by atoms with Crippen molar-refractivity contribution in [3.63, 3.8) is 0 Å². The molecule has 0 bridgehead atoms. The number of hydrogen-bond acceptors (Lipinski definition) is 3. The van der Waals surface area contributed by atoms with E-state index in [0.29, 0.717) is 17.3 Å². The summed E-state index contributed by atoms with van der Waals surface area (Å²) >= 11 is 6.20. The number of nitrogens with two attached hydrogens (primary N) is 1. The molecular weight excluding hydrogens is 262 g/mol. The zero-order valence-corrected chi connectivity index (χ0v) is 12.1. The Morgan fingerprint density at radius 3 is 2.74 bits per heavy atom. The van der Waals surface area contributed by atoms with Crippen molar-refractivity contribution in [2.75, 3.05) is 13.7 Å². The van der Waals surface area contributed by atoms with Crippen LogP contribution >= 0.6 is 11.6 Å². The fourth-order valence-corrected chi connectivity index (χ4v) is 2.43. The highest BCUT2D eigenvalue weighted by Crippen LogP contribution is 2.34. The van der Waals surface area contributed by atoms with Crippen molar-refractivity contribution < 1.29 is 4.74 Å². The maximum absolute atomic E-state index is 6.20. The lowest BCUT2D eigenvalue weighted by atomic mass is 9.99. The number of hydrogen-bond donors (Lipinski definition) is 2. The van der Waals surface area contributed by atoms with Gasteiger partial charge in [0.2, 0.25) is 0 Å². The van der Waals surface area contributed by atoms with Crippen molar-refractivity contribution in [2.24, 2.45) is 5.73 Å². The van der Waals surface area contributed by atoms with E-state index in [0.717, 1.165) is 34.5 Å². The molecule has 2 aromatic rings. The number of aromatic nitrogens is 2. The van der Waals surface area contributed by atoms with Gasteiger partial charge in [-0.1, -0.05) is 11.6 Å². The average Bonchev–Trinajstić information content (AvgIpc) is 2.74. The number of H-pyrrole nitrogens is 1. The van der Waals surface area contributed by atoms with Gasteiger partial charge in [-0.05, 0) is 44.5 Å². The molecule has 5 heteroatoms. The molecule has 0 unspecified atom stereocenters. The normalized spacial score (nSPS) is 10.8. The fraction of sp³-hybridized carbons (Fsp3) is 0.357. The summed E-state index contributed by atoms with van der Waals surface area (Å²) in [6.45, 7) is 4.61. The molecule has 0 radical (unpaired) electrons. The molecule has 1 aromatic carbocycles. The minimum atomic E-state index is 0.586. The van der Waals surface area contributed by atoms with Crippen LogP contribution in [0.1, 0.15) is 16.8 Å². The molecule has 3 N–H and O–H groups in total. The van der Waals surface area contributed by atoms with E-state index in [4.69, 9.17) is 22.1 Å². The van der Waals surface area contributed by atoms with Crippen LogP contribution in [0.2, 0.25) is 5.02 Å². The molecule has 0 spiro atoms. The van der Waals surface area contributed by atoms with Crippen LogP contribution in [0.15, 0.2) is 12.1 Å². The van der Waals surface area contributed by atoms with Gasteiger partial charge in [0.1, 0.15) is 5.75 Å². The third-order valence-corrected chi connectivity index (χ3v) is 3.52. The number of methoxy groups -OCH3 is 1. The number of aryl methyl sites for hydroxylation is 2. The molecule has 102 valence electrons. The smallest absolute Gasteiger partial charge is 0.137 e. The lowest BCUT2D eigenvalue weighted by Crippen LogP contribution is -2.04. The largest absolute Gasteiger partial charge is 0.495 e. The first kappa shape index (κ1) is 13.9. The Morgan fingerprint density at radius 2 is 2.11 bits per heavy atom. The van der Waals surface area contributed by atoms with Crippen LogP contribution in [0.25, 0.3) is 11.3 Å². The molecule has 0 atom stereocenters. The number of rotatable bonds is 4. The van der Waals surface area contributed by atoms with Crippen molar-refractivity contribution in [3.05, 3.63) is 34.0 Å². The number of halogens is 1. The molecule has 19 heavy (non-hydrogen) atoms. The van der Waals surface area contributed by atoms with Gasteiger partial charge < -0.3 is 10.5 Å². The predicted molar refractivity (Wildman–Crippen MR) is 77.8 cm³/mol. The Bertz CT molecular complexity index is 593. The van der Waals surface area contributed by atoms with Crippen molar-refractivity contribution >= 4 is 11.6 Å². The van der Waals surface area contributed by atoms with Gasteiger partial charge >= 0.3 is 0 Å². The minimum Gasteiger partial charge on any atom is -0.495 e. The monoisotopic (exact) mass is 279 g/mol. The third kappa shape index (κ3) is 2.60. The van der Waals surface area contributed by atoms with Crippen molar-refractivity contribution in [3.8, 4) is 17.0 Å². The third-order valence-electron chi connectivity index (χ3n) is 3.22. The van der Waals surface area contributed by atoms with Crippen LogP contribution in [-0.4, -0.2) is 23.9 Å². The first-order valence-corrected chi connectivity index (χ1v) is 6.54. The first-order chi connectivity index (χ1) is 9.08. The summed E-state index contributed by atoms with van der Waals surface area (Å²) in [5.41, 5.74) is 10.9. The van der Waals surface area contributed by atoms with Gasteiger partial charge in [-0.15, -0.1) is 0 Å². The highest BCUT2D eigenvalue weighted by molar-refractivity contribution is 6.32. The molecule has 4 nitrogen and oxygen atoms in total. The SMILES string of the molecule is COc1cc(C)c(-c2n[nH]c(C)c2CCN)cc1Cl. The van der Waals surface area contributed by atoms with E-state index in [-0.39, 0.29) is 0 Å². The molecule has 0 saturated carbocycles. The average molecular weight is 280 g/mol. The zero-order chi connectivity index (χ0) is 14.0. The van der Waals surface area contributed by atoms with Crippen molar-refractivity contribution in [1.29, 1.82) is 0 Å². The fourth-order valence-electron chi connectivity index (χ4n) is 2.19. The lowest BCUT2D eigenvalue weighted by Gasteiger charge is -2.10. The van der Waals surface area contributed by atoms with Gasteiger partial charge in [0.15, 0.2) is 0 Å². The zero-order valence-electron chi connectivity index (χ0n) is 11.4. The molecule has 0 aliphatic carbocycles. The highest BCUT2D eigenvalue weighted by Gasteiger charge is 2.15. The summed E-state index contributed by atoms with van der Waals surface area (Å²) in [4.78, 5) is 0. The molecule has 0 saturated heterocycles. The van der Waals surface area contributed by atoms with Gasteiger partial charge in [-0.2, -0.15) is 5.10 Å². The first-order valence-electron chi connectivity index (χ1n) is 6.17.